The van der Waals surface area contributed by atoms with Crippen LogP contribution in [-0.2, 0) is 0 Å². The summed E-state index contributed by atoms with van der Waals surface area (Å²) in [6, 6.07) is 13.8. The molecule has 2 aromatic rings. The fourth-order valence-corrected chi connectivity index (χ4v) is 1.73. The normalized spacial score (nSPS) is 8.90. The molecule has 0 bridgehead atoms. The van der Waals surface area contributed by atoms with Crippen LogP contribution in [0.3, 0.4) is 0 Å². The van der Waals surface area contributed by atoms with E-state index in [-0.39, 0.29) is 13.1 Å². The van der Waals surface area contributed by atoms with E-state index in [4.69, 9.17) is 16.4 Å². The van der Waals surface area contributed by atoms with E-state index in [9.17, 15) is 10.1 Å². The molecule has 0 atom stereocenters. The van der Waals surface area contributed by atoms with Crippen molar-refractivity contribution < 1.29 is 4.92 Å². The fourth-order valence-electron chi connectivity index (χ4n) is 1.19. The third-order valence-corrected chi connectivity index (χ3v) is 3.20. The molecular weight excluding hydrogens is 296 g/mol. The molecule has 2 aromatic carbocycles. The molecule has 0 heterocycles. The quantitative estimate of drug-likeness (QED) is 0.478. The van der Waals surface area contributed by atoms with E-state index < -0.39 is 4.92 Å². The number of rotatable bonds is 2. The Labute approximate surface area is 127 Å². The van der Waals surface area contributed by atoms with Crippen LogP contribution in [0.4, 0.5) is 11.4 Å². The van der Waals surface area contributed by atoms with Gasteiger partial charge in [-0.15, -0.1) is 0 Å². The maximum Gasteiger partial charge on any atom is 0.269 e. The van der Waals surface area contributed by atoms with Gasteiger partial charge in [-0.05, 0) is 52.8 Å². The highest BCUT2D eigenvalue weighted by Gasteiger charge is 2.02. The fraction of sp³-hybridized carbons (Fsp3) is 0.143. The number of benzene rings is 2. The summed E-state index contributed by atoms with van der Waals surface area (Å²) in [5, 5.41) is 10.2. The number of nitrogens with zero attached hydrogens (tertiary/aromatic N) is 1. The highest BCUT2D eigenvalue weighted by atomic mass is 35.7. The Kier molecular flexibility index (Phi) is 8.43. The number of nitrogens with two attached hydrogens (primary N) is 1. The topological polar surface area (TPSA) is 69.2 Å². The van der Waals surface area contributed by atoms with Crippen LogP contribution in [0.2, 0.25) is 0 Å². The Hall–Kier alpha value is -1.72. The molecule has 0 aliphatic rings. The molecule has 4 nitrogen and oxygen atoms in total. The summed E-state index contributed by atoms with van der Waals surface area (Å²) in [6.45, 7) is 2.04. The minimum atomic E-state index is -0.442. The second-order valence-corrected chi connectivity index (χ2v) is 4.83. The van der Waals surface area contributed by atoms with Gasteiger partial charge in [-0.2, -0.15) is 0 Å². The Morgan fingerprint density at radius 1 is 1.10 bits per heavy atom. The van der Waals surface area contributed by atoms with E-state index in [1.54, 1.807) is 12.1 Å². The van der Waals surface area contributed by atoms with Gasteiger partial charge in [-0.25, -0.2) is 0 Å². The van der Waals surface area contributed by atoms with Gasteiger partial charge in [0.05, 0.1) is 4.92 Å². The molecule has 0 amide bonds. The summed E-state index contributed by atoms with van der Waals surface area (Å²) in [5.41, 5.74) is 7.59. The van der Waals surface area contributed by atoms with Crippen molar-refractivity contribution in [2.75, 3.05) is 5.73 Å². The molecule has 0 radical (unpaired) electrons. The Bertz CT molecular complexity index is 509. The third kappa shape index (κ3) is 6.45. The van der Waals surface area contributed by atoms with Crippen LogP contribution in [0.5, 0.6) is 0 Å². The number of hydrogen-bond acceptors (Lipinski definition) is 4. The second kappa shape index (κ2) is 9.23. The highest BCUT2D eigenvalue weighted by Crippen LogP contribution is 2.23. The lowest BCUT2D eigenvalue weighted by molar-refractivity contribution is -0.384. The van der Waals surface area contributed by atoms with E-state index >= 15 is 0 Å². The number of halogens is 1. The zero-order chi connectivity index (χ0) is 14.3. The SMILES string of the molecule is C.Cc1ccc(N)cc1.O=[N+]([O-])c1ccc(SCl)cc1. The van der Waals surface area contributed by atoms with Gasteiger partial charge in [0.2, 0.25) is 0 Å². The minimum absolute atomic E-state index is 0. The van der Waals surface area contributed by atoms with Gasteiger partial charge in [0.25, 0.3) is 5.69 Å². The number of non-ortho nitro benzene ring substituents is 1. The maximum atomic E-state index is 10.2. The van der Waals surface area contributed by atoms with E-state index in [0.717, 1.165) is 21.6 Å². The molecular formula is C14H17ClN2O2S. The maximum absolute atomic E-state index is 10.2. The highest BCUT2D eigenvalue weighted by molar-refractivity contribution is 8.21. The van der Waals surface area contributed by atoms with Gasteiger partial charge in [-0.1, -0.05) is 25.1 Å². The van der Waals surface area contributed by atoms with Crippen molar-refractivity contribution in [3.63, 3.8) is 0 Å². The van der Waals surface area contributed by atoms with Gasteiger partial charge >= 0.3 is 0 Å². The van der Waals surface area contributed by atoms with Crippen LogP contribution in [0.15, 0.2) is 53.4 Å². The molecule has 6 heteroatoms. The first-order chi connectivity index (χ1) is 9.02. The van der Waals surface area contributed by atoms with Crippen LogP contribution in [0.1, 0.15) is 13.0 Å². The summed E-state index contributed by atoms with van der Waals surface area (Å²) < 4.78 is 0. The van der Waals surface area contributed by atoms with E-state index in [1.165, 1.54) is 17.7 Å². The number of anilines is 1. The summed E-state index contributed by atoms with van der Waals surface area (Å²) in [6.07, 6.45) is 0. The summed E-state index contributed by atoms with van der Waals surface area (Å²) >= 11 is 0. The standard InChI is InChI=1S/C7H9N.C6H4ClNO2S.CH4/c1-6-2-4-7(8)5-3-6;7-11-6-3-1-5(2-4-6)8(9)10;/h2-5H,8H2,1H3;1-4H;1H4. The van der Waals surface area contributed by atoms with Gasteiger partial charge in [0.1, 0.15) is 0 Å². The van der Waals surface area contributed by atoms with Gasteiger partial charge in [-0.3, -0.25) is 10.1 Å². The van der Waals surface area contributed by atoms with Crippen molar-refractivity contribution >= 4 is 33.0 Å². The second-order valence-electron chi connectivity index (χ2n) is 3.74. The molecule has 0 fully saturated rings. The molecule has 0 saturated carbocycles. The summed E-state index contributed by atoms with van der Waals surface area (Å²) in [7, 11) is 6.44. The molecule has 0 unspecified atom stereocenters. The average molecular weight is 313 g/mol. The van der Waals surface area contributed by atoms with Crippen LogP contribution >= 0.6 is 21.7 Å². The van der Waals surface area contributed by atoms with Gasteiger partial charge < -0.3 is 5.73 Å². The monoisotopic (exact) mass is 312 g/mol. The number of hydrogen-bond donors (Lipinski definition) is 1. The van der Waals surface area contributed by atoms with Crippen molar-refractivity contribution in [3.8, 4) is 0 Å². The molecule has 0 aromatic heterocycles. The van der Waals surface area contributed by atoms with E-state index in [1.807, 2.05) is 31.2 Å². The molecule has 2 rings (SSSR count). The van der Waals surface area contributed by atoms with Crippen LogP contribution in [0.25, 0.3) is 0 Å². The number of nitrogen functional groups attached to an aromatic ring is 1. The first-order valence-electron chi connectivity index (χ1n) is 5.38. The van der Waals surface area contributed by atoms with Gasteiger partial charge in [0.15, 0.2) is 0 Å². The molecule has 0 saturated heterocycles. The molecule has 0 spiro atoms. The zero-order valence-corrected chi connectivity index (χ0v) is 11.8. The molecule has 0 aliphatic heterocycles. The number of aryl methyl sites for hydroxylation is 1. The lowest BCUT2D eigenvalue weighted by Gasteiger charge is -1.91. The third-order valence-electron chi connectivity index (χ3n) is 2.21. The zero-order valence-electron chi connectivity index (χ0n) is 10.2. The minimum Gasteiger partial charge on any atom is -0.399 e. The Balaban J connectivity index is 0.000000359. The Morgan fingerprint density at radius 2 is 1.60 bits per heavy atom. The van der Waals surface area contributed by atoms with E-state index in [0.29, 0.717) is 0 Å². The Morgan fingerprint density at radius 3 is 1.95 bits per heavy atom. The molecule has 2 N–H and O–H groups in total. The van der Waals surface area contributed by atoms with Crippen LogP contribution in [0, 0.1) is 17.0 Å². The molecule has 108 valence electrons. The molecule has 0 aliphatic carbocycles. The summed E-state index contributed by atoms with van der Waals surface area (Å²) in [5.74, 6) is 0. The van der Waals surface area contributed by atoms with Crippen LogP contribution in [-0.4, -0.2) is 4.92 Å². The lowest BCUT2D eigenvalue weighted by atomic mass is 10.2. The lowest BCUT2D eigenvalue weighted by Crippen LogP contribution is -1.85. The van der Waals surface area contributed by atoms with E-state index in [2.05, 4.69) is 0 Å². The number of nitro groups is 1. The first kappa shape index (κ1) is 18.3. The van der Waals surface area contributed by atoms with Crippen molar-refractivity contribution in [3.05, 3.63) is 64.2 Å². The van der Waals surface area contributed by atoms with Crippen molar-refractivity contribution in [2.24, 2.45) is 0 Å². The van der Waals surface area contributed by atoms with Crippen molar-refractivity contribution in [2.45, 2.75) is 19.2 Å². The number of nitro benzene ring substituents is 1. The van der Waals surface area contributed by atoms with Crippen molar-refractivity contribution in [1.82, 2.24) is 0 Å². The smallest absolute Gasteiger partial charge is 0.269 e. The first-order valence-corrected chi connectivity index (χ1v) is 7.02. The van der Waals surface area contributed by atoms with Gasteiger partial charge in [0, 0.05) is 22.7 Å². The predicted octanol–water partition coefficient (Wildman–Crippen LogP) is 5.05. The molecule has 20 heavy (non-hydrogen) atoms. The van der Waals surface area contributed by atoms with Crippen molar-refractivity contribution in [1.29, 1.82) is 0 Å². The summed E-state index contributed by atoms with van der Waals surface area (Å²) in [4.78, 5) is 10.5. The predicted molar refractivity (Wildman–Crippen MR) is 87.1 cm³/mol. The largest absolute Gasteiger partial charge is 0.399 e. The average Bonchev–Trinajstić information content (AvgIpc) is 2.43. The van der Waals surface area contributed by atoms with Crippen LogP contribution < -0.4 is 5.73 Å².